The quantitative estimate of drug-likeness (QED) is 0.540. The Morgan fingerprint density at radius 3 is 2.92 bits per heavy atom. The van der Waals surface area contributed by atoms with E-state index in [1.54, 1.807) is 0 Å². The van der Waals surface area contributed by atoms with E-state index in [2.05, 4.69) is 12.2 Å². The van der Waals surface area contributed by atoms with E-state index in [1.165, 1.54) is 0 Å². The molecule has 70 valence electrons. The van der Waals surface area contributed by atoms with Gasteiger partial charge in [0.15, 0.2) is 0 Å². The van der Waals surface area contributed by atoms with Crippen molar-refractivity contribution in [1.29, 1.82) is 0 Å². The van der Waals surface area contributed by atoms with Crippen LogP contribution < -0.4 is 11.1 Å². The molecule has 2 unspecified atom stereocenters. The first kappa shape index (κ1) is 9.48. The molecular formula is C8H17N3O. The molecular weight excluding hydrogens is 154 g/mol. The number of hydrogen-bond acceptors (Lipinski definition) is 3. The molecule has 0 aromatic carbocycles. The first-order valence-corrected chi connectivity index (χ1v) is 4.38. The van der Waals surface area contributed by atoms with Crippen LogP contribution in [0.25, 0.3) is 0 Å². The summed E-state index contributed by atoms with van der Waals surface area (Å²) >= 11 is 0. The van der Waals surface area contributed by atoms with Crippen LogP contribution >= 0.6 is 0 Å². The average molecular weight is 171 g/mol. The minimum atomic E-state index is 0.0517. The number of carbonyl (C=O) groups excluding carboxylic acids is 1. The maximum Gasteiger partial charge on any atom is 0.236 e. The van der Waals surface area contributed by atoms with Crippen LogP contribution in [0.1, 0.15) is 13.8 Å². The Kier molecular flexibility index (Phi) is 3.05. The van der Waals surface area contributed by atoms with Crippen molar-refractivity contribution in [3.63, 3.8) is 0 Å². The van der Waals surface area contributed by atoms with Gasteiger partial charge in [0.25, 0.3) is 0 Å². The van der Waals surface area contributed by atoms with Crippen LogP contribution in [0.4, 0.5) is 0 Å². The number of nitrogens with two attached hydrogens (primary N) is 1. The molecule has 0 aromatic heterocycles. The van der Waals surface area contributed by atoms with Crippen LogP contribution in [-0.4, -0.2) is 42.5 Å². The Hall–Kier alpha value is -0.610. The van der Waals surface area contributed by atoms with Crippen LogP contribution in [0, 0.1) is 0 Å². The summed E-state index contributed by atoms with van der Waals surface area (Å²) in [6.07, 6.45) is 0. The van der Waals surface area contributed by atoms with E-state index < -0.39 is 0 Å². The second kappa shape index (κ2) is 3.87. The summed E-state index contributed by atoms with van der Waals surface area (Å²) in [5.41, 5.74) is 5.30. The van der Waals surface area contributed by atoms with Gasteiger partial charge in [-0.2, -0.15) is 0 Å². The van der Waals surface area contributed by atoms with E-state index in [0.29, 0.717) is 6.04 Å². The lowest BCUT2D eigenvalue weighted by atomic mass is 10.1. The molecule has 0 aromatic rings. The largest absolute Gasteiger partial charge is 0.336 e. The van der Waals surface area contributed by atoms with E-state index >= 15 is 0 Å². The lowest BCUT2D eigenvalue weighted by Gasteiger charge is -2.37. The first-order chi connectivity index (χ1) is 5.65. The normalized spacial score (nSPS) is 30.4. The summed E-state index contributed by atoms with van der Waals surface area (Å²) < 4.78 is 0. The fourth-order valence-electron chi connectivity index (χ4n) is 1.49. The third kappa shape index (κ3) is 1.95. The molecule has 4 nitrogen and oxygen atoms in total. The number of amides is 1. The van der Waals surface area contributed by atoms with Crippen molar-refractivity contribution in [3.05, 3.63) is 0 Å². The topological polar surface area (TPSA) is 58.4 Å². The second-order valence-electron chi connectivity index (χ2n) is 3.41. The molecule has 0 bridgehead atoms. The molecule has 1 saturated heterocycles. The Morgan fingerprint density at radius 2 is 2.33 bits per heavy atom. The van der Waals surface area contributed by atoms with E-state index in [4.69, 9.17) is 5.73 Å². The fraction of sp³-hybridized carbons (Fsp3) is 0.875. The zero-order valence-corrected chi connectivity index (χ0v) is 7.71. The highest BCUT2D eigenvalue weighted by atomic mass is 16.2. The van der Waals surface area contributed by atoms with Gasteiger partial charge in [-0.1, -0.05) is 0 Å². The standard InChI is InChI=1S/C8H17N3O/c1-6-5-11(8(12)3-9)7(2)4-10-6/h6-7,10H,3-5,9H2,1-2H3. The zero-order valence-electron chi connectivity index (χ0n) is 7.71. The highest BCUT2D eigenvalue weighted by Gasteiger charge is 2.25. The molecule has 3 N–H and O–H groups in total. The number of carbonyl (C=O) groups is 1. The lowest BCUT2D eigenvalue weighted by molar-refractivity contribution is -0.133. The fourth-order valence-corrected chi connectivity index (χ4v) is 1.49. The van der Waals surface area contributed by atoms with Gasteiger partial charge in [-0.05, 0) is 13.8 Å². The van der Waals surface area contributed by atoms with Crippen molar-refractivity contribution in [1.82, 2.24) is 10.2 Å². The molecule has 2 atom stereocenters. The van der Waals surface area contributed by atoms with Crippen molar-refractivity contribution in [2.75, 3.05) is 19.6 Å². The van der Waals surface area contributed by atoms with Crippen LogP contribution in [0.2, 0.25) is 0 Å². The van der Waals surface area contributed by atoms with Gasteiger partial charge >= 0.3 is 0 Å². The maximum absolute atomic E-state index is 11.3. The molecule has 0 radical (unpaired) electrons. The molecule has 1 heterocycles. The van der Waals surface area contributed by atoms with Gasteiger partial charge in [-0.25, -0.2) is 0 Å². The van der Waals surface area contributed by atoms with Gasteiger partial charge < -0.3 is 16.0 Å². The minimum Gasteiger partial charge on any atom is -0.336 e. The summed E-state index contributed by atoms with van der Waals surface area (Å²) in [5, 5.41) is 3.31. The van der Waals surface area contributed by atoms with E-state index in [-0.39, 0.29) is 18.5 Å². The number of hydrogen-bond donors (Lipinski definition) is 2. The molecule has 0 aliphatic carbocycles. The predicted molar refractivity (Wildman–Crippen MR) is 47.7 cm³/mol. The molecule has 12 heavy (non-hydrogen) atoms. The summed E-state index contributed by atoms with van der Waals surface area (Å²) in [7, 11) is 0. The highest BCUT2D eigenvalue weighted by molar-refractivity contribution is 5.78. The van der Waals surface area contributed by atoms with E-state index in [9.17, 15) is 4.79 Å². The Bertz CT molecular complexity index is 172. The summed E-state index contributed by atoms with van der Waals surface area (Å²) in [4.78, 5) is 13.1. The average Bonchev–Trinajstić information content (AvgIpc) is 2.08. The van der Waals surface area contributed by atoms with E-state index in [0.717, 1.165) is 13.1 Å². The third-order valence-electron chi connectivity index (χ3n) is 2.26. The van der Waals surface area contributed by atoms with Crippen molar-refractivity contribution in [2.24, 2.45) is 5.73 Å². The smallest absolute Gasteiger partial charge is 0.236 e. The van der Waals surface area contributed by atoms with E-state index in [1.807, 2.05) is 11.8 Å². The maximum atomic E-state index is 11.3. The second-order valence-corrected chi connectivity index (χ2v) is 3.41. The van der Waals surface area contributed by atoms with Gasteiger partial charge in [0, 0.05) is 25.2 Å². The van der Waals surface area contributed by atoms with Crippen LogP contribution in [0.15, 0.2) is 0 Å². The summed E-state index contributed by atoms with van der Waals surface area (Å²) in [6.45, 7) is 5.87. The molecule has 4 heteroatoms. The van der Waals surface area contributed by atoms with Crippen LogP contribution in [0.5, 0.6) is 0 Å². The third-order valence-corrected chi connectivity index (χ3v) is 2.26. The van der Waals surface area contributed by atoms with Crippen molar-refractivity contribution >= 4 is 5.91 Å². The summed E-state index contributed by atoms with van der Waals surface area (Å²) in [6, 6.07) is 0.661. The lowest BCUT2D eigenvalue weighted by Crippen LogP contribution is -2.57. The monoisotopic (exact) mass is 171 g/mol. The Morgan fingerprint density at radius 1 is 1.67 bits per heavy atom. The van der Waals surface area contributed by atoms with Gasteiger partial charge in [0.05, 0.1) is 6.54 Å². The molecule has 1 rings (SSSR count). The molecule has 1 amide bonds. The zero-order chi connectivity index (χ0) is 9.14. The SMILES string of the molecule is CC1CN(C(=O)CN)C(C)CN1. The molecule has 0 saturated carbocycles. The molecule has 1 aliphatic rings. The molecule has 1 fully saturated rings. The Balaban J connectivity index is 2.54. The van der Waals surface area contributed by atoms with Gasteiger partial charge in [-0.3, -0.25) is 4.79 Å². The molecule has 1 aliphatic heterocycles. The van der Waals surface area contributed by atoms with Crippen LogP contribution in [0.3, 0.4) is 0 Å². The molecule has 0 spiro atoms. The number of rotatable bonds is 1. The first-order valence-electron chi connectivity index (χ1n) is 4.38. The van der Waals surface area contributed by atoms with Gasteiger partial charge in [0.1, 0.15) is 0 Å². The van der Waals surface area contributed by atoms with Crippen molar-refractivity contribution in [2.45, 2.75) is 25.9 Å². The highest BCUT2D eigenvalue weighted by Crippen LogP contribution is 2.05. The minimum absolute atomic E-state index is 0.0517. The number of nitrogens with zero attached hydrogens (tertiary/aromatic N) is 1. The predicted octanol–water partition coefficient (Wildman–Crippen LogP) is -0.846. The summed E-state index contributed by atoms with van der Waals surface area (Å²) in [5.74, 6) is 0.0517. The van der Waals surface area contributed by atoms with Crippen molar-refractivity contribution < 1.29 is 4.79 Å². The van der Waals surface area contributed by atoms with Gasteiger partial charge in [-0.15, -0.1) is 0 Å². The number of piperazine rings is 1. The van der Waals surface area contributed by atoms with Gasteiger partial charge in [0.2, 0.25) is 5.91 Å². The number of nitrogens with one attached hydrogen (secondary N) is 1. The van der Waals surface area contributed by atoms with Crippen molar-refractivity contribution in [3.8, 4) is 0 Å². The Labute approximate surface area is 73.1 Å². The van der Waals surface area contributed by atoms with Crippen LogP contribution in [-0.2, 0) is 4.79 Å².